The fraction of sp³-hybridized carbons (Fsp3) is 0.200. The smallest absolute Gasteiger partial charge is 0.278 e. The van der Waals surface area contributed by atoms with Crippen molar-refractivity contribution in [1.29, 1.82) is 0 Å². The van der Waals surface area contributed by atoms with Crippen LogP contribution >= 0.6 is 11.3 Å². The lowest BCUT2D eigenvalue weighted by Crippen LogP contribution is -2.14. The van der Waals surface area contributed by atoms with Crippen molar-refractivity contribution in [3.8, 4) is 11.4 Å². The Morgan fingerprint density at radius 2 is 2.23 bits per heavy atom. The lowest BCUT2D eigenvalue weighted by atomic mass is 10.2. The number of nitrogens with zero attached hydrogens (tertiary/aromatic N) is 3. The molecule has 0 saturated heterocycles. The van der Waals surface area contributed by atoms with Gasteiger partial charge in [0.15, 0.2) is 10.8 Å². The molecule has 1 aliphatic carbocycles. The van der Waals surface area contributed by atoms with Gasteiger partial charge in [-0.2, -0.15) is 5.10 Å². The van der Waals surface area contributed by atoms with Crippen molar-refractivity contribution in [3.63, 3.8) is 0 Å². The van der Waals surface area contributed by atoms with Gasteiger partial charge in [-0.05, 0) is 31.4 Å². The first-order valence-electron chi connectivity index (χ1n) is 7.05. The van der Waals surface area contributed by atoms with E-state index in [1.807, 2.05) is 23.6 Å². The Morgan fingerprint density at radius 3 is 3.09 bits per heavy atom. The highest BCUT2D eigenvalue weighted by molar-refractivity contribution is 7.14. The van der Waals surface area contributed by atoms with Crippen LogP contribution in [0.25, 0.3) is 11.4 Å². The number of thiazole rings is 1. The number of anilines is 1. The van der Waals surface area contributed by atoms with Crippen molar-refractivity contribution in [2.75, 3.05) is 5.32 Å². The van der Waals surface area contributed by atoms with Gasteiger partial charge < -0.3 is 0 Å². The van der Waals surface area contributed by atoms with Crippen molar-refractivity contribution in [2.45, 2.75) is 19.3 Å². The number of aromatic nitrogens is 4. The number of aryl methyl sites for hydroxylation is 1. The van der Waals surface area contributed by atoms with E-state index in [9.17, 15) is 4.79 Å². The first-order valence-corrected chi connectivity index (χ1v) is 7.93. The van der Waals surface area contributed by atoms with Crippen molar-refractivity contribution in [1.82, 2.24) is 20.2 Å². The molecule has 3 heterocycles. The molecule has 1 amide bonds. The Kier molecular flexibility index (Phi) is 3.19. The van der Waals surface area contributed by atoms with Crippen molar-refractivity contribution in [2.24, 2.45) is 0 Å². The van der Waals surface area contributed by atoms with Crippen LogP contribution in [0.15, 0.2) is 29.8 Å². The molecule has 0 unspecified atom stereocenters. The number of hydrogen-bond donors (Lipinski definition) is 2. The lowest BCUT2D eigenvalue weighted by molar-refractivity contribution is 0.102. The number of carbonyl (C=O) groups excluding carboxylic acids is 1. The van der Waals surface area contributed by atoms with Gasteiger partial charge in [-0.15, -0.1) is 11.3 Å². The zero-order valence-corrected chi connectivity index (χ0v) is 12.5. The Bertz CT molecular complexity index is 824. The Balaban J connectivity index is 1.54. The van der Waals surface area contributed by atoms with Crippen LogP contribution in [-0.4, -0.2) is 26.1 Å². The van der Waals surface area contributed by atoms with Gasteiger partial charge in [0.2, 0.25) is 0 Å². The third-order valence-electron chi connectivity index (χ3n) is 3.67. The molecule has 0 aliphatic heterocycles. The van der Waals surface area contributed by atoms with Crippen LogP contribution in [0, 0.1) is 0 Å². The molecule has 1 aliphatic rings. The van der Waals surface area contributed by atoms with Gasteiger partial charge in [-0.25, -0.2) is 4.98 Å². The van der Waals surface area contributed by atoms with Gasteiger partial charge in [0, 0.05) is 22.8 Å². The van der Waals surface area contributed by atoms with E-state index in [0.29, 0.717) is 10.8 Å². The lowest BCUT2D eigenvalue weighted by Gasteiger charge is -2.00. The summed E-state index contributed by atoms with van der Waals surface area (Å²) in [5.41, 5.74) is 4.16. The van der Waals surface area contributed by atoms with E-state index in [2.05, 4.69) is 25.5 Å². The third kappa shape index (κ3) is 2.29. The average molecular weight is 311 g/mol. The second kappa shape index (κ2) is 5.34. The number of nitrogens with one attached hydrogen (secondary N) is 2. The van der Waals surface area contributed by atoms with Gasteiger partial charge in [0.05, 0.1) is 5.69 Å². The van der Waals surface area contributed by atoms with Crippen LogP contribution in [-0.2, 0) is 12.8 Å². The van der Waals surface area contributed by atoms with Crippen LogP contribution in [0.1, 0.15) is 28.2 Å². The predicted octanol–water partition coefficient (Wildman–Crippen LogP) is 2.67. The quantitative estimate of drug-likeness (QED) is 0.779. The van der Waals surface area contributed by atoms with Crippen LogP contribution in [0.5, 0.6) is 0 Å². The summed E-state index contributed by atoms with van der Waals surface area (Å²) in [6.45, 7) is 0. The van der Waals surface area contributed by atoms with Gasteiger partial charge in [0.1, 0.15) is 5.69 Å². The summed E-state index contributed by atoms with van der Waals surface area (Å²) in [6.07, 6.45) is 4.67. The number of amides is 1. The van der Waals surface area contributed by atoms with Crippen LogP contribution in [0.2, 0.25) is 0 Å². The average Bonchev–Trinajstić information content (AvgIpc) is 3.24. The summed E-state index contributed by atoms with van der Waals surface area (Å²) in [5.74, 6) is -0.207. The SMILES string of the molecule is O=C(Nc1nc(-c2ccccn2)cs1)c1n[nH]c2c1CCC2. The maximum absolute atomic E-state index is 12.3. The highest BCUT2D eigenvalue weighted by Crippen LogP contribution is 2.26. The number of H-pyrrole nitrogens is 1. The Labute approximate surface area is 130 Å². The number of rotatable bonds is 3. The van der Waals surface area contributed by atoms with Gasteiger partial charge in [0.25, 0.3) is 5.91 Å². The van der Waals surface area contributed by atoms with Gasteiger partial charge in [-0.1, -0.05) is 6.07 Å². The van der Waals surface area contributed by atoms with Crippen LogP contribution < -0.4 is 5.32 Å². The number of carbonyl (C=O) groups is 1. The van der Waals surface area contributed by atoms with E-state index in [1.54, 1.807) is 6.20 Å². The van der Waals surface area contributed by atoms with Crippen molar-refractivity contribution < 1.29 is 4.79 Å². The predicted molar refractivity (Wildman–Crippen MR) is 83.9 cm³/mol. The Morgan fingerprint density at radius 1 is 1.27 bits per heavy atom. The maximum atomic E-state index is 12.3. The summed E-state index contributed by atoms with van der Waals surface area (Å²) >= 11 is 1.38. The highest BCUT2D eigenvalue weighted by atomic mass is 32.1. The second-order valence-electron chi connectivity index (χ2n) is 5.09. The summed E-state index contributed by atoms with van der Waals surface area (Å²) in [6, 6.07) is 5.66. The van der Waals surface area contributed by atoms with Gasteiger partial charge >= 0.3 is 0 Å². The third-order valence-corrected chi connectivity index (χ3v) is 4.43. The molecule has 0 atom stereocenters. The fourth-order valence-corrected chi connectivity index (χ4v) is 3.33. The summed E-state index contributed by atoms with van der Waals surface area (Å²) in [7, 11) is 0. The topological polar surface area (TPSA) is 83.6 Å². The molecule has 2 N–H and O–H groups in total. The number of hydrogen-bond acceptors (Lipinski definition) is 5. The minimum absolute atomic E-state index is 0.207. The summed E-state index contributed by atoms with van der Waals surface area (Å²) in [5, 5.41) is 12.3. The molecular weight excluding hydrogens is 298 g/mol. The first kappa shape index (κ1) is 13.1. The first-order chi connectivity index (χ1) is 10.8. The molecule has 0 fully saturated rings. The van der Waals surface area contributed by atoms with E-state index in [4.69, 9.17) is 0 Å². The van der Waals surface area contributed by atoms with Crippen LogP contribution in [0.4, 0.5) is 5.13 Å². The zero-order valence-electron chi connectivity index (χ0n) is 11.7. The molecule has 3 aromatic rings. The molecule has 110 valence electrons. The molecule has 4 rings (SSSR count). The van der Waals surface area contributed by atoms with Crippen molar-refractivity contribution in [3.05, 3.63) is 46.7 Å². The highest BCUT2D eigenvalue weighted by Gasteiger charge is 2.23. The van der Waals surface area contributed by atoms with E-state index >= 15 is 0 Å². The maximum Gasteiger partial charge on any atom is 0.278 e. The molecular formula is C15H13N5OS. The number of aromatic amines is 1. The molecule has 0 bridgehead atoms. The van der Waals surface area contributed by atoms with E-state index in [0.717, 1.165) is 41.9 Å². The minimum Gasteiger partial charge on any atom is -0.296 e. The second-order valence-corrected chi connectivity index (χ2v) is 5.95. The molecule has 0 spiro atoms. The normalized spacial score (nSPS) is 13.1. The minimum atomic E-state index is -0.207. The largest absolute Gasteiger partial charge is 0.296 e. The van der Waals surface area contributed by atoms with E-state index < -0.39 is 0 Å². The monoisotopic (exact) mass is 311 g/mol. The molecule has 3 aromatic heterocycles. The molecule has 7 heteroatoms. The molecule has 0 aromatic carbocycles. The van der Waals surface area contributed by atoms with Crippen molar-refractivity contribution >= 4 is 22.4 Å². The summed E-state index contributed by atoms with van der Waals surface area (Å²) < 4.78 is 0. The molecule has 6 nitrogen and oxygen atoms in total. The Hall–Kier alpha value is -2.54. The number of fused-ring (bicyclic) bond motifs is 1. The van der Waals surface area contributed by atoms with E-state index in [1.165, 1.54) is 11.3 Å². The molecule has 22 heavy (non-hydrogen) atoms. The molecule has 0 saturated carbocycles. The van der Waals surface area contributed by atoms with Gasteiger partial charge in [-0.3, -0.25) is 20.2 Å². The molecule has 0 radical (unpaired) electrons. The summed E-state index contributed by atoms with van der Waals surface area (Å²) in [4.78, 5) is 21.0. The van der Waals surface area contributed by atoms with Crippen LogP contribution in [0.3, 0.4) is 0 Å². The zero-order chi connectivity index (χ0) is 14.9. The van der Waals surface area contributed by atoms with E-state index in [-0.39, 0.29) is 5.91 Å². The number of pyridine rings is 1. The fourth-order valence-electron chi connectivity index (χ4n) is 2.63. The standard InChI is InChI=1S/C15H13N5OS/c21-14(13-9-4-3-6-10(9)19-20-13)18-15-17-12(8-22-15)11-5-1-2-7-16-11/h1-2,5,7-8H,3-4,6H2,(H,19,20)(H,17,18,21).